The van der Waals surface area contributed by atoms with Crippen LogP contribution in [0.3, 0.4) is 0 Å². The van der Waals surface area contributed by atoms with E-state index in [1.165, 1.54) is 23.1 Å². The smallest absolute Gasteiger partial charge is 0.444 e. The molecule has 148 valence electrons. The largest absolute Gasteiger partial charge is 0.573 e. The molecule has 0 aliphatic rings. The minimum Gasteiger partial charge on any atom is -0.444 e. The molecule has 0 heterocycles. The number of carbonyl (C=O) groups is 2. The Kier molecular flexibility index (Phi) is 6.81. The van der Waals surface area contributed by atoms with E-state index >= 15 is 0 Å². The molecular weight excluding hydrogens is 375 g/mol. The third-order valence-corrected chi connectivity index (χ3v) is 3.53. The van der Waals surface area contributed by atoms with Gasteiger partial charge in [-0.15, -0.1) is 13.2 Å². The Morgan fingerprint density at radius 2 is 1.61 bits per heavy atom. The van der Waals surface area contributed by atoms with Crippen molar-refractivity contribution in [3.63, 3.8) is 0 Å². The SMILES string of the molecule is CN(C)C(=O)[C@H](OC(=O)/C=C/c1ccc(OC(F)(F)F)cc1)c1ccccc1. The fourth-order valence-corrected chi connectivity index (χ4v) is 2.22. The molecule has 0 radical (unpaired) electrons. The second kappa shape index (κ2) is 9.07. The first-order valence-corrected chi connectivity index (χ1v) is 8.16. The predicted octanol–water partition coefficient (Wildman–Crippen LogP) is 3.97. The normalized spacial score (nSPS) is 12.5. The van der Waals surface area contributed by atoms with Crippen molar-refractivity contribution in [2.45, 2.75) is 12.5 Å². The molecule has 28 heavy (non-hydrogen) atoms. The van der Waals surface area contributed by atoms with Gasteiger partial charge in [0.1, 0.15) is 5.75 Å². The Balaban J connectivity index is 2.07. The third-order valence-electron chi connectivity index (χ3n) is 3.53. The van der Waals surface area contributed by atoms with Crippen molar-refractivity contribution in [3.05, 3.63) is 71.8 Å². The fourth-order valence-electron chi connectivity index (χ4n) is 2.22. The van der Waals surface area contributed by atoms with Gasteiger partial charge in [0, 0.05) is 25.7 Å². The predicted molar refractivity (Wildman–Crippen MR) is 96.1 cm³/mol. The molecule has 2 rings (SSSR count). The molecule has 0 aliphatic carbocycles. The van der Waals surface area contributed by atoms with E-state index in [4.69, 9.17) is 4.74 Å². The summed E-state index contributed by atoms with van der Waals surface area (Å²) in [4.78, 5) is 25.8. The summed E-state index contributed by atoms with van der Waals surface area (Å²) in [5.41, 5.74) is 0.985. The van der Waals surface area contributed by atoms with Crippen LogP contribution in [0.5, 0.6) is 5.75 Å². The molecule has 0 aliphatic heterocycles. The van der Waals surface area contributed by atoms with E-state index in [0.29, 0.717) is 11.1 Å². The summed E-state index contributed by atoms with van der Waals surface area (Å²) in [6, 6.07) is 13.5. The summed E-state index contributed by atoms with van der Waals surface area (Å²) >= 11 is 0. The molecule has 0 spiro atoms. The van der Waals surface area contributed by atoms with Crippen LogP contribution in [0.2, 0.25) is 0 Å². The molecule has 0 aromatic heterocycles. The number of likely N-dealkylation sites (N-methyl/N-ethyl adjacent to an activating group) is 1. The lowest BCUT2D eigenvalue weighted by Crippen LogP contribution is -2.30. The number of benzene rings is 2. The van der Waals surface area contributed by atoms with E-state index in [9.17, 15) is 22.8 Å². The van der Waals surface area contributed by atoms with Crippen LogP contribution in [0.1, 0.15) is 17.2 Å². The summed E-state index contributed by atoms with van der Waals surface area (Å²) in [7, 11) is 3.10. The lowest BCUT2D eigenvalue weighted by Gasteiger charge is -2.20. The Morgan fingerprint density at radius 1 is 1.00 bits per heavy atom. The van der Waals surface area contributed by atoms with Crippen LogP contribution >= 0.6 is 0 Å². The first-order chi connectivity index (χ1) is 13.2. The van der Waals surface area contributed by atoms with Crippen molar-refractivity contribution in [3.8, 4) is 5.75 Å². The molecule has 0 unspecified atom stereocenters. The first-order valence-electron chi connectivity index (χ1n) is 8.16. The number of esters is 1. The standard InChI is InChI=1S/C20H18F3NO4/c1-24(2)19(26)18(15-6-4-3-5-7-15)27-17(25)13-10-14-8-11-16(12-9-14)28-20(21,22)23/h3-13,18H,1-2H3/b13-10+/t18-/m1/s1. The van der Waals surface area contributed by atoms with Crippen LogP contribution in [0.25, 0.3) is 6.08 Å². The number of carbonyl (C=O) groups excluding carboxylic acids is 2. The number of rotatable bonds is 6. The minimum atomic E-state index is -4.77. The zero-order valence-electron chi connectivity index (χ0n) is 15.1. The average Bonchev–Trinajstić information content (AvgIpc) is 2.64. The highest BCUT2D eigenvalue weighted by atomic mass is 19.4. The molecule has 0 saturated heterocycles. The van der Waals surface area contributed by atoms with Gasteiger partial charge in [0.15, 0.2) is 0 Å². The van der Waals surface area contributed by atoms with E-state index in [2.05, 4.69) is 4.74 Å². The summed E-state index contributed by atoms with van der Waals surface area (Å²) in [5.74, 6) is -1.53. The van der Waals surface area contributed by atoms with Crippen LogP contribution in [0.15, 0.2) is 60.7 Å². The minimum absolute atomic E-state index is 0.368. The van der Waals surface area contributed by atoms with Crippen molar-refractivity contribution in [1.29, 1.82) is 0 Å². The zero-order chi connectivity index (χ0) is 20.7. The van der Waals surface area contributed by atoms with Crippen molar-refractivity contribution < 1.29 is 32.2 Å². The Hall–Kier alpha value is -3.29. The highest BCUT2D eigenvalue weighted by molar-refractivity contribution is 5.90. The van der Waals surface area contributed by atoms with Crippen LogP contribution in [0, 0.1) is 0 Å². The highest BCUT2D eigenvalue weighted by Crippen LogP contribution is 2.23. The summed E-state index contributed by atoms with van der Waals surface area (Å²) in [6.45, 7) is 0. The van der Waals surface area contributed by atoms with Crippen molar-refractivity contribution in [2.75, 3.05) is 14.1 Å². The highest BCUT2D eigenvalue weighted by Gasteiger charge is 2.31. The van der Waals surface area contributed by atoms with Crippen molar-refractivity contribution >= 4 is 18.0 Å². The molecular formula is C20H18F3NO4. The number of alkyl halides is 3. The molecule has 0 saturated carbocycles. The van der Waals surface area contributed by atoms with Gasteiger partial charge >= 0.3 is 12.3 Å². The van der Waals surface area contributed by atoms with Gasteiger partial charge in [-0.3, -0.25) is 4.79 Å². The maximum Gasteiger partial charge on any atom is 0.573 e. The number of nitrogens with zero attached hydrogens (tertiary/aromatic N) is 1. The van der Waals surface area contributed by atoms with Gasteiger partial charge in [0.25, 0.3) is 5.91 Å². The maximum atomic E-state index is 12.3. The molecule has 0 fully saturated rings. The number of hydrogen-bond acceptors (Lipinski definition) is 4. The van der Waals surface area contributed by atoms with Gasteiger partial charge in [-0.25, -0.2) is 4.79 Å². The van der Waals surface area contributed by atoms with Crippen LogP contribution in [0.4, 0.5) is 13.2 Å². The molecule has 0 N–H and O–H groups in total. The van der Waals surface area contributed by atoms with E-state index in [0.717, 1.165) is 18.2 Å². The topological polar surface area (TPSA) is 55.8 Å². The quantitative estimate of drug-likeness (QED) is 0.551. The number of halogens is 3. The average molecular weight is 393 g/mol. The third kappa shape index (κ3) is 6.46. The molecule has 5 nitrogen and oxygen atoms in total. The first kappa shape index (κ1) is 21.0. The summed E-state index contributed by atoms with van der Waals surface area (Å²) in [5, 5.41) is 0. The van der Waals surface area contributed by atoms with Crippen LogP contribution in [-0.4, -0.2) is 37.2 Å². The van der Waals surface area contributed by atoms with E-state index in [-0.39, 0.29) is 5.75 Å². The molecule has 1 amide bonds. The van der Waals surface area contributed by atoms with Crippen LogP contribution in [-0.2, 0) is 14.3 Å². The second-order valence-electron chi connectivity index (χ2n) is 5.91. The van der Waals surface area contributed by atoms with Gasteiger partial charge in [-0.05, 0) is 23.8 Å². The molecule has 1 atom stereocenters. The van der Waals surface area contributed by atoms with Gasteiger partial charge < -0.3 is 14.4 Å². The number of hydrogen-bond donors (Lipinski definition) is 0. The number of ether oxygens (including phenoxy) is 2. The maximum absolute atomic E-state index is 12.3. The molecule has 2 aromatic rings. The molecule has 2 aromatic carbocycles. The van der Waals surface area contributed by atoms with Gasteiger partial charge in [-0.2, -0.15) is 0 Å². The molecule has 0 bridgehead atoms. The van der Waals surface area contributed by atoms with Gasteiger partial charge in [0.2, 0.25) is 6.10 Å². The van der Waals surface area contributed by atoms with Crippen LogP contribution < -0.4 is 4.74 Å². The summed E-state index contributed by atoms with van der Waals surface area (Å²) in [6.07, 6.45) is -3.41. The van der Waals surface area contributed by atoms with Crippen molar-refractivity contribution in [1.82, 2.24) is 4.90 Å². The van der Waals surface area contributed by atoms with E-state index in [1.807, 2.05) is 0 Å². The lowest BCUT2D eigenvalue weighted by molar-refractivity contribution is -0.274. The monoisotopic (exact) mass is 393 g/mol. The molecule has 8 heteroatoms. The Labute approximate surface area is 160 Å². The fraction of sp³-hybridized carbons (Fsp3) is 0.200. The Morgan fingerprint density at radius 3 is 2.14 bits per heavy atom. The summed E-state index contributed by atoms with van der Waals surface area (Å²) < 4.78 is 45.5. The van der Waals surface area contributed by atoms with E-state index in [1.54, 1.807) is 44.4 Å². The van der Waals surface area contributed by atoms with Gasteiger partial charge in [0.05, 0.1) is 0 Å². The van der Waals surface area contributed by atoms with E-state index < -0.39 is 24.3 Å². The Bertz CT molecular complexity index is 831. The number of amides is 1. The van der Waals surface area contributed by atoms with Gasteiger partial charge in [-0.1, -0.05) is 42.5 Å². The van der Waals surface area contributed by atoms with Crippen molar-refractivity contribution in [2.24, 2.45) is 0 Å². The lowest BCUT2D eigenvalue weighted by atomic mass is 10.1. The zero-order valence-corrected chi connectivity index (χ0v) is 15.1. The second-order valence-corrected chi connectivity index (χ2v) is 5.91.